The third-order valence-electron chi connectivity index (χ3n) is 6.75. The second-order valence-corrected chi connectivity index (χ2v) is 12.0. The van der Waals surface area contributed by atoms with Gasteiger partial charge in [-0.2, -0.15) is 0 Å². The van der Waals surface area contributed by atoms with Crippen molar-refractivity contribution < 1.29 is 18.0 Å². The Balaban J connectivity index is 2.04. The first-order chi connectivity index (χ1) is 18.4. The van der Waals surface area contributed by atoms with Crippen LogP contribution in [0.15, 0.2) is 77.7 Å². The van der Waals surface area contributed by atoms with Gasteiger partial charge < -0.3 is 10.2 Å². The number of nitrogens with zero attached hydrogens (tertiary/aromatic N) is 2. The molecule has 0 fully saturated rings. The van der Waals surface area contributed by atoms with E-state index in [0.717, 1.165) is 33.0 Å². The number of hydrogen-bond acceptors (Lipinski definition) is 4. The van der Waals surface area contributed by atoms with Crippen molar-refractivity contribution in [2.45, 2.75) is 71.5 Å². The molecule has 0 saturated carbocycles. The maximum absolute atomic E-state index is 14.0. The molecule has 3 aromatic carbocycles. The van der Waals surface area contributed by atoms with Crippen LogP contribution in [0.2, 0.25) is 0 Å². The third kappa shape index (κ3) is 7.69. The van der Waals surface area contributed by atoms with Crippen molar-refractivity contribution >= 4 is 27.5 Å². The van der Waals surface area contributed by atoms with Gasteiger partial charge in [-0.3, -0.25) is 13.9 Å². The van der Waals surface area contributed by atoms with Gasteiger partial charge in [0.1, 0.15) is 12.6 Å². The number of hydrogen-bond donors (Lipinski definition) is 1. The fourth-order valence-electron chi connectivity index (χ4n) is 4.29. The van der Waals surface area contributed by atoms with E-state index in [4.69, 9.17) is 0 Å². The van der Waals surface area contributed by atoms with Gasteiger partial charge >= 0.3 is 0 Å². The lowest BCUT2D eigenvalue weighted by Gasteiger charge is -2.32. The summed E-state index contributed by atoms with van der Waals surface area (Å²) >= 11 is 0. The number of sulfonamides is 1. The summed E-state index contributed by atoms with van der Waals surface area (Å²) < 4.78 is 29.0. The Labute approximate surface area is 232 Å². The molecule has 8 heteroatoms. The zero-order valence-electron chi connectivity index (χ0n) is 23.6. The first-order valence-electron chi connectivity index (χ1n) is 13.2. The van der Waals surface area contributed by atoms with E-state index in [2.05, 4.69) is 5.32 Å². The minimum Gasteiger partial charge on any atom is -0.352 e. The van der Waals surface area contributed by atoms with Crippen LogP contribution in [-0.2, 0) is 26.2 Å². The summed E-state index contributed by atoms with van der Waals surface area (Å²) in [5.41, 5.74) is 3.93. The topological polar surface area (TPSA) is 86.8 Å². The molecule has 0 radical (unpaired) electrons. The fraction of sp³-hybridized carbons (Fsp3) is 0.355. The van der Waals surface area contributed by atoms with E-state index < -0.39 is 28.5 Å². The van der Waals surface area contributed by atoms with Gasteiger partial charge in [0, 0.05) is 12.6 Å². The molecule has 0 heterocycles. The Bertz CT molecular complexity index is 1370. The average Bonchev–Trinajstić information content (AvgIpc) is 2.89. The smallest absolute Gasteiger partial charge is 0.264 e. The van der Waals surface area contributed by atoms with Crippen LogP contribution in [0, 0.1) is 20.8 Å². The van der Waals surface area contributed by atoms with Gasteiger partial charge in [0.15, 0.2) is 0 Å². The van der Waals surface area contributed by atoms with Gasteiger partial charge in [0.2, 0.25) is 11.8 Å². The molecule has 1 N–H and O–H groups in total. The second kappa shape index (κ2) is 12.9. The lowest BCUT2D eigenvalue weighted by atomic mass is 10.1. The highest BCUT2D eigenvalue weighted by atomic mass is 32.2. The van der Waals surface area contributed by atoms with Gasteiger partial charge in [-0.25, -0.2) is 8.42 Å². The normalized spacial score (nSPS) is 12.9. The van der Waals surface area contributed by atoms with Crippen molar-refractivity contribution in [3.8, 4) is 0 Å². The molecule has 0 aliphatic heterocycles. The summed E-state index contributed by atoms with van der Waals surface area (Å²) in [5.74, 6) is -0.756. The molecule has 0 unspecified atom stereocenters. The van der Waals surface area contributed by atoms with E-state index in [0.29, 0.717) is 5.69 Å². The van der Waals surface area contributed by atoms with Crippen molar-refractivity contribution in [3.63, 3.8) is 0 Å². The van der Waals surface area contributed by atoms with Gasteiger partial charge in [-0.05, 0) is 82.0 Å². The monoisotopic (exact) mass is 549 g/mol. The highest BCUT2D eigenvalue weighted by molar-refractivity contribution is 7.92. The Morgan fingerprint density at radius 1 is 0.846 bits per heavy atom. The van der Waals surface area contributed by atoms with Crippen molar-refractivity contribution in [3.05, 3.63) is 95.1 Å². The molecule has 0 saturated heterocycles. The highest BCUT2D eigenvalue weighted by Gasteiger charge is 2.33. The van der Waals surface area contributed by atoms with Crippen LogP contribution in [-0.4, -0.2) is 43.8 Å². The van der Waals surface area contributed by atoms with Crippen molar-refractivity contribution in [1.29, 1.82) is 0 Å². The molecule has 39 heavy (non-hydrogen) atoms. The zero-order chi connectivity index (χ0) is 28.7. The predicted octanol–water partition coefficient (Wildman–Crippen LogP) is 5.14. The predicted molar refractivity (Wildman–Crippen MR) is 156 cm³/mol. The van der Waals surface area contributed by atoms with E-state index in [9.17, 15) is 18.0 Å². The molecule has 0 aliphatic rings. The van der Waals surface area contributed by atoms with Gasteiger partial charge in [-0.15, -0.1) is 0 Å². The lowest BCUT2D eigenvalue weighted by Crippen LogP contribution is -2.52. The number of amides is 2. The minimum atomic E-state index is -4.09. The summed E-state index contributed by atoms with van der Waals surface area (Å²) in [4.78, 5) is 28.6. The summed E-state index contributed by atoms with van der Waals surface area (Å²) in [5, 5.41) is 2.95. The summed E-state index contributed by atoms with van der Waals surface area (Å²) in [6.07, 6.45) is 0.750. The Hall–Kier alpha value is -3.65. The molecule has 0 bridgehead atoms. The standard InChI is InChI=1S/C31H39N3O4S/c1-7-25(5)32-31(36)26(6)33(20-27-11-9-8-10-12-27)30(35)21-34(28-18-23(3)17-24(4)19-28)39(37,38)29-15-13-22(2)14-16-29/h8-19,25-26H,7,20-21H2,1-6H3,(H,32,36)/t25-,26+/m0/s1. The first-order valence-corrected chi connectivity index (χ1v) is 14.7. The summed E-state index contributed by atoms with van der Waals surface area (Å²) in [6, 6.07) is 20.5. The average molecular weight is 550 g/mol. The minimum absolute atomic E-state index is 0.0534. The van der Waals surface area contributed by atoms with E-state index >= 15 is 0 Å². The molecule has 2 amide bonds. The van der Waals surface area contributed by atoms with Crippen molar-refractivity contribution in [2.75, 3.05) is 10.8 Å². The number of carbonyl (C=O) groups is 2. The fourth-order valence-corrected chi connectivity index (χ4v) is 5.69. The maximum atomic E-state index is 14.0. The molecular weight excluding hydrogens is 510 g/mol. The molecule has 208 valence electrons. The van der Waals surface area contributed by atoms with Crippen LogP contribution in [0.4, 0.5) is 5.69 Å². The maximum Gasteiger partial charge on any atom is 0.264 e. The molecular formula is C31H39N3O4S. The Kier molecular flexibility index (Phi) is 9.92. The van der Waals surface area contributed by atoms with Crippen LogP contribution in [0.5, 0.6) is 0 Å². The largest absolute Gasteiger partial charge is 0.352 e. The Morgan fingerprint density at radius 3 is 2.00 bits per heavy atom. The zero-order valence-corrected chi connectivity index (χ0v) is 24.5. The number of rotatable bonds is 11. The molecule has 3 rings (SSSR count). The second-order valence-electron chi connectivity index (χ2n) is 10.2. The van der Waals surface area contributed by atoms with Crippen LogP contribution < -0.4 is 9.62 Å². The molecule has 0 aliphatic carbocycles. The third-order valence-corrected chi connectivity index (χ3v) is 8.53. The number of benzene rings is 3. The van der Waals surface area contributed by atoms with Crippen molar-refractivity contribution in [2.24, 2.45) is 0 Å². The van der Waals surface area contributed by atoms with Gasteiger partial charge in [0.25, 0.3) is 10.0 Å². The lowest BCUT2D eigenvalue weighted by molar-refractivity contribution is -0.139. The van der Waals surface area contributed by atoms with Gasteiger partial charge in [-0.1, -0.05) is 61.0 Å². The Morgan fingerprint density at radius 2 is 1.44 bits per heavy atom. The molecule has 2 atom stereocenters. The summed E-state index contributed by atoms with van der Waals surface area (Å²) in [7, 11) is -4.09. The number of aryl methyl sites for hydroxylation is 3. The molecule has 7 nitrogen and oxygen atoms in total. The van der Waals surface area contributed by atoms with Crippen molar-refractivity contribution in [1.82, 2.24) is 10.2 Å². The highest BCUT2D eigenvalue weighted by Crippen LogP contribution is 2.27. The summed E-state index contributed by atoms with van der Waals surface area (Å²) in [6.45, 7) is 10.9. The number of nitrogens with one attached hydrogen (secondary N) is 1. The van der Waals surface area contributed by atoms with Crippen LogP contribution in [0.3, 0.4) is 0 Å². The van der Waals surface area contributed by atoms with E-state index in [1.165, 1.54) is 4.90 Å². The van der Waals surface area contributed by atoms with Gasteiger partial charge in [0.05, 0.1) is 10.6 Å². The first kappa shape index (κ1) is 29.9. The molecule has 3 aromatic rings. The SMILES string of the molecule is CC[C@H](C)NC(=O)[C@@H](C)N(Cc1ccccc1)C(=O)CN(c1cc(C)cc(C)c1)S(=O)(=O)c1ccc(C)cc1. The molecule has 0 aromatic heterocycles. The number of anilines is 1. The molecule has 0 spiro atoms. The van der Waals surface area contributed by atoms with E-state index in [1.54, 1.807) is 43.3 Å². The number of carbonyl (C=O) groups excluding carboxylic acids is 2. The van der Waals surface area contributed by atoms with E-state index in [1.807, 2.05) is 71.0 Å². The quantitative estimate of drug-likeness (QED) is 0.359. The van der Waals surface area contributed by atoms with E-state index in [-0.39, 0.29) is 23.4 Å². The van der Waals surface area contributed by atoms with Crippen LogP contribution >= 0.6 is 0 Å². The van der Waals surface area contributed by atoms with Crippen LogP contribution in [0.1, 0.15) is 49.4 Å². The van der Waals surface area contributed by atoms with Crippen LogP contribution in [0.25, 0.3) is 0 Å².